The molecule has 1 aromatic carbocycles. The summed E-state index contributed by atoms with van der Waals surface area (Å²) in [6.45, 7) is 1.22. The summed E-state index contributed by atoms with van der Waals surface area (Å²) in [4.78, 5) is 27.7. The molecule has 3 heterocycles. The van der Waals surface area contributed by atoms with Gasteiger partial charge in [-0.3, -0.25) is 14.5 Å². The van der Waals surface area contributed by atoms with Gasteiger partial charge in [-0.2, -0.15) is 4.31 Å². The highest BCUT2D eigenvalue weighted by molar-refractivity contribution is 7.89. The molecule has 3 aliphatic heterocycles. The van der Waals surface area contributed by atoms with Crippen LogP contribution in [0, 0.1) is 0 Å². The molecule has 0 aliphatic carbocycles. The van der Waals surface area contributed by atoms with Crippen LogP contribution in [0.5, 0.6) is 0 Å². The van der Waals surface area contributed by atoms with E-state index in [4.69, 9.17) is 0 Å². The van der Waals surface area contributed by atoms with E-state index in [1.807, 2.05) is 4.90 Å². The van der Waals surface area contributed by atoms with Gasteiger partial charge in [-0.05, 0) is 50.3 Å². The molecule has 2 saturated heterocycles. The first-order chi connectivity index (χ1) is 13.4. The zero-order valence-corrected chi connectivity index (χ0v) is 16.5. The lowest BCUT2D eigenvalue weighted by Gasteiger charge is -2.45. The van der Waals surface area contributed by atoms with Crippen molar-refractivity contribution in [2.24, 2.45) is 0 Å². The van der Waals surface area contributed by atoms with E-state index >= 15 is 0 Å². The normalized spacial score (nSPS) is 23.3. The van der Waals surface area contributed by atoms with Crippen LogP contribution in [0.15, 0.2) is 23.1 Å². The predicted molar refractivity (Wildman–Crippen MR) is 104 cm³/mol. The molecule has 1 amide bonds. The minimum Gasteiger partial charge on any atom is -0.480 e. The monoisotopic (exact) mass is 407 g/mol. The Labute approximate surface area is 164 Å². The van der Waals surface area contributed by atoms with Crippen LogP contribution in [0.4, 0.5) is 11.4 Å². The van der Waals surface area contributed by atoms with Crippen LogP contribution in [0.25, 0.3) is 0 Å². The minimum absolute atomic E-state index is 0.117. The molecule has 8 nitrogen and oxygen atoms in total. The molecule has 2 fully saturated rings. The fourth-order valence-electron chi connectivity index (χ4n) is 4.45. The van der Waals surface area contributed by atoms with E-state index in [1.54, 1.807) is 12.1 Å². The van der Waals surface area contributed by atoms with Gasteiger partial charge in [0.05, 0.1) is 16.3 Å². The van der Waals surface area contributed by atoms with Gasteiger partial charge in [0.15, 0.2) is 0 Å². The second-order valence-corrected chi connectivity index (χ2v) is 9.58. The number of amides is 1. The van der Waals surface area contributed by atoms with Crippen LogP contribution in [-0.4, -0.2) is 61.9 Å². The molecule has 0 saturated carbocycles. The average molecular weight is 407 g/mol. The van der Waals surface area contributed by atoms with Gasteiger partial charge in [0.2, 0.25) is 15.9 Å². The Morgan fingerprint density at radius 3 is 2.46 bits per heavy atom. The molecule has 1 atom stereocenters. The number of hydrogen-bond acceptors (Lipinski definition) is 5. The molecule has 9 heteroatoms. The van der Waals surface area contributed by atoms with Gasteiger partial charge in [-0.1, -0.05) is 6.42 Å². The summed E-state index contributed by atoms with van der Waals surface area (Å²) in [6, 6.07) is 4.42. The maximum Gasteiger partial charge on any atom is 0.323 e. The van der Waals surface area contributed by atoms with E-state index in [0.29, 0.717) is 31.7 Å². The summed E-state index contributed by atoms with van der Waals surface area (Å²) in [5.41, 5.74) is 1.12. The smallest absolute Gasteiger partial charge is 0.323 e. The first-order valence-electron chi connectivity index (χ1n) is 9.83. The van der Waals surface area contributed by atoms with Crippen molar-refractivity contribution >= 4 is 33.3 Å². The first-order valence-corrected chi connectivity index (χ1v) is 11.3. The van der Waals surface area contributed by atoms with Gasteiger partial charge in [0.1, 0.15) is 12.6 Å². The maximum absolute atomic E-state index is 13.1. The Hall–Kier alpha value is -2.13. The summed E-state index contributed by atoms with van der Waals surface area (Å²) >= 11 is 0. The zero-order chi connectivity index (χ0) is 19.9. The summed E-state index contributed by atoms with van der Waals surface area (Å²) in [5.74, 6) is -1.38. The lowest BCUT2D eigenvalue weighted by Crippen LogP contribution is -2.56. The summed E-state index contributed by atoms with van der Waals surface area (Å²) in [6.07, 6.45) is 5.25. The molecule has 0 bridgehead atoms. The number of carbonyl (C=O) groups is 2. The van der Waals surface area contributed by atoms with Crippen molar-refractivity contribution in [2.75, 3.05) is 36.0 Å². The fourth-order valence-corrected chi connectivity index (χ4v) is 5.99. The number of carboxylic acids is 1. The number of anilines is 2. The molecule has 0 aromatic heterocycles. The van der Waals surface area contributed by atoms with Crippen LogP contribution < -0.4 is 9.80 Å². The van der Waals surface area contributed by atoms with Crippen molar-refractivity contribution < 1.29 is 23.1 Å². The van der Waals surface area contributed by atoms with Crippen molar-refractivity contribution in [3.05, 3.63) is 18.2 Å². The van der Waals surface area contributed by atoms with Crippen LogP contribution in [-0.2, 0) is 19.6 Å². The van der Waals surface area contributed by atoms with Crippen molar-refractivity contribution in [1.29, 1.82) is 0 Å². The second kappa shape index (κ2) is 7.36. The van der Waals surface area contributed by atoms with E-state index < -0.39 is 22.5 Å². The lowest BCUT2D eigenvalue weighted by molar-refractivity contribution is -0.137. The summed E-state index contributed by atoms with van der Waals surface area (Å²) in [7, 11) is -3.66. The van der Waals surface area contributed by atoms with Crippen molar-refractivity contribution in [3.63, 3.8) is 0 Å². The topological polar surface area (TPSA) is 98.2 Å². The van der Waals surface area contributed by atoms with E-state index in [0.717, 1.165) is 37.8 Å². The Balaban J connectivity index is 1.77. The highest BCUT2D eigenvalue weighted by atomic mass is 32.2. The van der Waals surface area contributed by atoms with Gasteiger partial charge >= 0.3 is 5.97 Å². The minimum atomic E-state index is -3.66. The Morgan fingerprint density at radius 2 is 1.75 bits per heavy atom. The molecule has 1 N–H and O–H groups in total. The number of sulfonamides is 1. The average Bonchev–Trinajstić information content (AvgIpc) is 2.71. The van der Waals surface area contributed by atoms with E-state index in [1.165, 1.54) is 15.3 Å². The molecular formula is C19H25N3O5S. The predicted octanol–water partition coefficient (Wildman–Crippen LogP) is 1.65. The third kappa shape index (κ3) is 3.26. The summed E-state index contributed by atoms with van der Waals surface area (Å²) < 4.78 is 27.6. The Morgan fingerprint density at radius 1 is 1.04 bits per heavy atom. The van der Waals surface area contributed by atoms with Crippen molar-refractivity contribution in [3.8, 4) is 0 Å². The number of fused-ring (bicyclic) bond motifs is 3. The van der Waals surface area contributed by atoms with E-state index in [9.17, 15) is 23.1 Å². The van der Waals surface area contributed by atoms with Gasteiger partial charge in [0.25, 0.3) is 0 Å². The maximum atomic E-state index is 13.1. The SMILES string of the molecule is O=C(O)CN1C(=O)C2CCCCN2c2ccc(S(=O)(=O)N3CCCCC3)cc21. The van der Waals surface area contributed by atoms with Crippen LogP contribution in [0.2, 0.25) is 0 Å². The molecule has 152 valence electrons. The van der Waals surface area contributed by atoms with Crippen LogP contribution >= 0.6 is 0 Å². The number of benzene rings is 1. The quantitative estimate of drug-likeness (QED) is 0.815. The fraction of sp³-hybridized carbons (Fsp3) is 0.579. The number of piperidine rings is 2. The number of aliphatic carboxylic acids is 1. The van der Waals surface area contributed by atoms with Crippen LogP contribution in [0.1, 0.15) is 38.5 Å². The molecular weight excluding hydrogens is 382 g/mol. The van der Waals surface area contributed by atoms with E-state index in [-0.39, 0.29) is 16.8 Å². The number of rotatable bonds is 4. The second-order valence-electron chi connectivity index (χ2n) is 7.64. The Kier molecular flexibility index (Phi) is 5.05. The standard InChI is InChI=1S/C19H25N3O5S/c23-18(24)13-22-17-12-14(28(26,27)20-9-3-1-4-10-20)7-8-15(17)21-11-5-2-6-16(21)19(22)25/h7-8,12,16H,1-6,9-11,13H2,(H,23,24). The molecule has 0 spiro atoms. The third-order valence-electron chi connectivity index (χ3n) is 5.85. The molecule has 4 rings (SSSR count). The van der Waals surface area contributed by atoms with Crippen LogP contribution in [0.3, 0.4) is 0 Å². The highest BCUT2D eigenvalue weighted by Gasteiger charge is 2.41. The number of carboxylic acid groups (broad SMARTS) is 1. The van der Waals surface area contributed by atoms with Gasteiger partial charge in [0, 0.05) is 19.6 Å². The third-order valence-corrected chi connectivity index (χ3v) is 7.74. The molecule has 3 aliphatic rings. The van der Waals surface area contributed by atoms with E-state index in [2.05, 4.69) is 0 Å². The molecule has 28 heavy (non-hydrogen) atoms. The largest absolute Gasteiger partial charge is 0.480 e. The van der Waals surface area contributed by atoms with Gasteiger partial charge < -0.3 is 10.0 Å². The first kappa shape index (κ1) is 19.2. The van der Waals surface area contributed by atoms with Crippen molar-refractivity contribution in [1.82, 2.24) is 4.31 Å². The lowest BCUT2D eigenvalue weighted by atomic mass is 9.96. The van der Waals surface area contributed by atoms with Crippen molar-refractivity contribution in [2.45, 2.75) is 49.5 Å². The number of hydrogen-bond donors (Lipinski definition) is 1. The summed E-state index contributed by atoms with van der Waals surface area (Å²) in [5, 5.41) is 9.30. The molecule has 1 unspecified atom stereocenters. The zero-order valence-electron chi connectivity index (χ0n) is 15.7. The highest BCUT2D eigenvalue weighted by Crippen LogP contribution is 2.41. The Bertz CT molecular complexity index is 895. The molecule has 1 aromatic rings. The van der Waals surface area contributed by atoms with Gasteiger partial charge in [-0.25, -0.2) is 8.42 Å². The number of carbonyl (C=O) groups excluding carboxylic acids is 1. The van der Waals surface area contributed by atoms with Gasteiger partial charge in [-0.15, -0.1) is 0 Å². The number of nitrogens with zero attached hydrogens (tertiary/aromatic N) is 3. The molecule has 0 radical (unpaired) electrons.